The molecule has 0 aromatic heterocycles. The van der Waals surface area contributed by atoms with Crippen molar-refractivity contribution in [2.45, 2.75) is 44.9 Å². The fourth-order valence-electron chi connectivity index (χ4n) is 2.66. The Hall–Kier alpha value is -1.46. The minimum absolute atomic E-state index is 0.757. The van der Waals surface area contributed by atoms with Gasteiger partial charge in [0.25, 0.3) is 0 Å². The molecule has 1 aliphatic rings. The molecule has 2 rings (SSSR count). The van der Waals surface area contributed by atoms with Crippen LogP contribution in [0.15, 0.2) is 24.3 Å². The lowest BCUT2D eigenvalue weighted by Crippen LogP contribution is -2.15. The lowest BCUT2D eigenvalue weighted by Gasteiger charge is -2.21. The number of ether oxygens (including phenoxy) is 1. The third kappa shape index (κ3) is 6.12. The molecule has 0 bridgehead atoms. The van der Waals surface area contributed by atoms with Crippen LogP contribution in [0.1, 0.15) is 44.1 Å². The Morgan fingerprint density at radius 2 is 1.90 bits per heavy atom. The first-order chi connectivity index (χ1) is 9.88. The number of hydrogen-bond acceptors (Lipinski definition) is 2. The molecule has 0 amide bonds. The maximum absolute atomic E-state index is 5.93. The molecule has 1 aliphatic carbocycles. The van der Waals surface area contributed by atoms with Gasteiger partial charge in [0.15, 0.2) is 0 Å². The molecule has 0 spiro atoms. The summed E-state index contributed by atoms with van der Waals surface area (Å²) in [7, 11) is 0. The smallest absolute Gasteiger partial charge is 0.119 e. The molecule has 0 aliphatic heterocycles. The van der Waals surface area contributed by atoms with Crippen LogP contribution in [0.4, 0.5) is 0 Å². The summed E-state index contributed by atoms with van der Waals surface area (Å²) < 4.78 is 5.93. The standard InChI is InChI=1S/C16H25NO.C2H2/c17-11-5-9-14-8-4-10-16(12-14)18-13-15-6-2-1-3-7-15;1-2/h4,8,10,12,15H,1-3,5-7,9,11,13,17H2;1-2H. The fraction of sp³-hybridized carbons (Fsp3) is 0.556. The SMILES string of the molecule is C#C.NCCCc1cccc(OCC2CCCCC2)c1. The molecule has 2 N–H and O–H groups in total. The Bertz CT molecular complexity index is 380. The quantitative estimate of drug-likeness (QED) is 0.800. The second-order valence-corrected chi connectivity index (χ2v) is 5.35. The first-order valence-corrected chi connectivity index (χ1v) is 7.63. The molecule has 1 fully saturated rings. The molecule has 0 heterocycles. The molecule has 2 nitrogen and oxygen atoms in total. The van der Waals surface area contributed by atoms with Gasteiger partial charge in [-0.1, -0.05) is 31.4 Å². The van der Waals surface area contributed by atoms with E-state index in [-0.39, 0.29) is 0 Å². The van der Waals surface area contributed by atoms with Crippen molar-refractivity contribution in [3.63, 3.8) is 0 Å². The van der Waals surface area contributed by atoms with Crippen LogP contribution >= 0.6 is 0 Å². The van der Waals surface area contributed by atoms with E-state index < -0.39 is 0 Å². The van der Waals surface area contributed by atoms with Gasteiger partial charge in [-0.3, -0.25) is 0 Å². The van der Waals surface area contributed by atoms with Crippen molar-refractivity contribution in [3.05, 3.63) is 29.8 Å². The van der Waals surface area contributed by atoms with Crippen LogP contribution in [0, 0.1) is 18.8 Å². The van der Waals surface area contributed by atoms with Crippen molar-refractivity contribution in [3.8, 4) is 18.6 Å². The Balaban J connectivity index is 0.000000956. The number of terminal acetylenes is 1. The zero-order valence-electron chi connectivity index (χ0n) is 12.4. The minimum Gasteiger partial charge on any atom is -0.493 e. The molecule has 1 aromatic carbocycles. The number of nitrogens with two attached hydrogens (primary N) is 1. The minimum atomic E-state index is 0.757. The van der Waals surface area contributed by atoms with E-state index in [0.29, 0.717) is 0 Å². The van der Waals surface area contributed by atoms with E-state index in [1.54, 1.807) is 0 Å². The molecule has 0 unspecified atom stereocenters. The summed E-state index contributed by atoms with van der Waals surface area (Å²) >= 11 is 0. The summed E-state index contributed by atoms with van der Waals surface area (Å²) in [6.45, 7) is 1.65. The second-order valence-electron chi connectivity index (χ2n) is 5.35. The van der Waals surface area contributed by atoms with Gasteiger partial charge >= 0.3 is 0 Å². The zero-order chi connectivity index (χ0) is 14.6. The third-order valence-electron chi connectivity index (χ3n) is 3.78. The summed E-state index contributed by atoms with van der Waals surface area (Å²) in [5.74, 6) is 1.79. The van der Waals surface area contributed by atoms with E-state index in [4.69, 9.17) is 10.5 Å². The molecule has 20 heavy (non-hydrogen) atoms. The van der Waals surface area contributed by atoms with Crippen LogP contribution in [0.2, 0.25) is 0 Å². The molecule has 0 radical (unpaired) electrons. The summed E-state index contributed by atoms with van der Waals surface area (Å²) in [6.07, 6.45) is 16.9. The summed E-state index contributed by atoms with van der Waals surface area (Å²) in [6, 6.07) is 8.47. The van der Waals surface area contributed by atoms with Gasteiger partial charge in [-0.25, -0.2) is 0 Å². The van der Waals surface area contributed by atoms with E-state index in [9.17, 15) is 0 Å². The van der Waals surface area contributed by atoms with E-state index in [1.165, 1.54) is 37.7 Å². The molecule has 0 saturated heterocycles. The Morgan fingerprint density at radius 1 is 1.15 bits per heavy atom. The molecule has 1 aromatic rings. The van der Waals surface area contributed by atoms with Gasteiger partial charge in [0.05, 0.1) is 6.61 Å². The van der Waals surface area contributed by atoms with Crippen molar-refractivity contribution < 1.29 is 4.74 Å². The summed E-state index contributed by atoms with van der Waals surface area (Å²) in [4.78, 5) is 0. The summed E-state index contributed by atoms with van der Waals surface area (Å²) in [5.41, 5.74) is 6.87. The Labute approximate surface area is 123 Å². The molecular weight excluding hydrogens is 246 g/mol. The summed E-state index contributed by atoms with van der Waals surface area (Å²) in [5, 5.41) is 0. The van der Waals surface area contributed by atoms with Crippen LogP contribution in [0.5, 0.6) is 5.75 Å². The lowest BCUT2D eigenvalue weighted by molar-refractivity contribution is 0.208. The van der Waals surface area contributed by atoms with Gasteiger partial charge in [-0.05, 0) is 55.8 Å². The maximum atomic E-state index is 5.93. The topological polar surface area (TPSA) is 35.2 Å². The predicted octanol–water partition coefficient (Wildman–Crippen LogP) is 3.79. The van der Waals surface area contributed by atoms with Gasteiger partial charge in [-0.2, -0.15) is 0 Å². The van der Waals surface area contributed by atoms with Gasteiger partial charge < -0.3 is 10.5 Å². The van der Waals surface area contributed by atoms with Crippen LogP contribution < -0.4 is 10.5 Å². The normalized spacial score (nSPS) is 15.2. The largest absolute Gasteiger partial charge is 0.493 e. The number of benzene rings is 1. The first kappa shape index (κ1) is 16.6. The zero-order valence-corrected chi connectivity index (χ0v) is 12.4. The highest BCUT2D eigenvalue weighted by Crippen LogP contribution is 2.25. The lowest BCUT2D eigenvalue weighted by atomic mass is 9.90. The molecule has 0 atom stereocenters. The van der Waals surface area contributed by atoms with Crippen LogP contribution in [-0.2, 0) is 6.42 Å². The van der Waals surface area contributed by atoms with Gasteiger partial charge in [-0.15, -0.1) is 12.8 Å². The van der Waals surface area contributed by atoms with Gasteiger partial charge in [0.2, 0.25) is 0 Å². The molecule has 1 saturated carbocycles. The molecule has 110 valence electrons. The van der Waals surface area contributed by atoms with Crippen molar-refractivity contribution in [1.29, 1.82) is 0 Å². The van der Waals surface area contributed by atoms with Crippen molar-refractivity contribution in [2.75, 3.05) is 13.2 Å². The monoisotopic (exact) mass is 273 g/mol. The predicted molar refractivity (Wildman–Crippen MR) is 85.8 cm³/mol. The van der Waals surface area contributed by atoms with Crippen molar-refractivity contribution in [1.82, 2.24) is 0 Å². The number of hydrogen-bond donors (Lipinski definition) is 1. The fourth-order valence-corrected chi connectivity index (χ4v) is 2.66. The van der Waals surface area contributed by atoms with E-state index in [2.05, 4.69) is 37.1 Å². The third-order valence-corrected chi connectivity index (χ3v) is 3.78. The maximum Gasteiger partial charge on any atom is 0.119 e. The first-order valence-electron chi connectivity index (χ1n) is 7.63. The van der Waals surface area contributed by atoms with Crippen LogP contribution in [0.25, 0.3) is 0 Å². The number of aryl methyl sites for hydroxylation is 1. The van der Waals surface area contributed by atoms with Crippen molar-refractivity contribution >= 4 is 0 Å². The Kier molecular flexibility index (Phi) is 8.58. The molecular formula is C18H27NO. The van der Waals surface area contributed by atoms with Gasteiger partial charge in [0.1, 0.15) is 5.75 Å². The van der Waals surface area contributed by atoms with E-state index >= 15 is 0 Å². The highest BCUT2D eigenvalue weighted by atomic mass is 16.5. The molecule has 2 heteroatoms. The average molecular weight is 273 g/mol. The highest BCUT2D eigenvalue weighted by Gasteiger charge is 2.13. The van der Waals surface area contributed by atoms with Gasteiger partial charge in [0, 0.05) is 0 Å². The van der Waals surface area contributed by atoms with Crippen LogP contribution in [-0.4, -0.2) is 13.2 Å². The Morgan fingerprint density at radius 3 is 2.60 bits per heavy atom. The number of rotatable bonds is 6. The highest BCUT2D eigenvalue weighted by molar-refractivity contribution is 5.28. The van der Waals surface area contributed by atoms with E-state index in [1.807, 2.05) is 0 Å². The average Bonchev–Trinajstić information content (AvgIpc) is 2.54. The van der Waals surface area contributed by atoms with E-state index in [0.717, 1.165) is 37.7 Å². The van der Waals surface area contributed by atoms with Crippen molar-refractivity contribution in [2.24, 2.45) is 11.7 Å². The van der Waals surface area contributed by atoms with Crippen LogP contribution in [0.3, 0.4) is 0 Å². The second kappa shape index (κ2) is 10.3.